The molecule has 1 aromatic carbocycles. The van der Waals surface area contributed by atoms with Crippen LogP contribution in [0.3, 0.4) is 0 Å². The number of barbiturate groups is 1. The Balaban J connectivity index is 1.90. The van der Waals surface area contributed by atoms with E-state index >= 15 is 0 Å². The Kier molecular flexibility index (Phi) is 3.12. The molecule has 6 heteroatoms. The molecule has 1 aromatic heterocycles. The minimum absolute atomic E-state index is 0.0968. The molecule has 2 heterocycles. The van der Waals surface area contributed by atoms with Gasteiger partial charge in [0.1, 0.15) is 5.57 Å². The molecule has 6 nitrogen and oxygen atoms in total. The Morgan fingerprint density at radius 1 is 0.905 bits per heavy atom. The SMILES string of the molecule is O=C1NC(=O)C(=Cc2ccn(-c3ccccc3)c2)C(=O)N1. The van der Waals surface area contributed by atoms with Crippen LogP contribution in [-0.2, 0) is 9.59 Å². The molecule has 1 aliphatic rings. The normalized spacial score (nSPS) is 14.7. The van der Waals surface area contributed by atoms with Gasteiger partial charge in [0, 0.05) is 18.1 Å². The molecule has 0 saturated carbocycles. The van der Waals surface area contributed by atoms with Crippen LogP contribution in [-0.4, -0.2) is 22.4 Å². The number of aromatic nitrogens is 1. The van der Waals surface area contributed by atoms with Gasteiger partial charge in [0.25, 0.3) is 11.8 Å². The lowest BCUT2D eigenvalue weighted by Gasteiger charge is -2.13. The number of urea groups is 1. The van der Waals surface area contributed by atoms with Crippen molar-refractivity contribution >= 4 is 23.9 Å². The van der Waals surface area contributed by atoms with Gasteiger partial charge in [-0.05, 0) is 29.8 Å². The smallest absolute Gasteiger partial charge is 0.323 e. The van der Waals surface area contributed by atoms with E-state index in [1.165, 1.54) is 6.08 Å². The number of imide groups is 2. The molecule has 0 spiro atoms. The Morgan fingerprint density at radius 3 is 2.24 bits per heavy atom. The van der Waals surface area contributed by atoms with Crippen molar-refractivity contribution in [2.45, 2.75) is 0 Å². The topological polar surface area (TPSA) is 80.2 Å². The standard InChI is InChI=1S/C15H11N3O3/c19-13-12(14(20)17-15(21)16-13)8-10-6-7-18(9-10)11-4-2-1-3-5-11/h1-9H,(H2,16,17,19,20,21). The lowest BCUT2D eigenvalue weighted by Crippen LogP contribution is -2.51. The summed E-state index contributed by atoms with van der Waals surface area (Å²) in [6.45, 7) is 0. The number of rotatable bonds is 2. The fourth-order valence-corrected chi connectivity index (χ4v) is 2.03. The maximum Gasteiger partial charge on any atom is 0.328 e. The zero-order valence-electron chi connectivity index (χ0n) is 10.9. The Bertz CT molecular complexity index is 737. The van der Waals surface area contributed by atoms with E-state index < -0.39 is 17.8 Å². The van der Waals surface area contributed by atoms with Crippen LogP contribution >= 0.6 is 0 Å². The molecule has 2 N–H and O–H groups in total. The highest BCUT2D eigenvalue weighted by atomic mass is 16.2. The molecule has 0 radical (unpaired) electrons. The van der Waals surface area contributed by atoms with Crippen molar-refractivity contribution in [3.63, 3.8) is 0 Å². The van der Waals surface area contributed by atoms with E-state index in [1.807, 2.05) is 51.7 Å². The first-order chi connectivity index (χ1) is 10.1. The van der Waals surface area contributed by atoms with Crippen molar-refractivity contribution in [3.05, 3.63) is 59.9 Å². The van der Waals surface area contributed by atoms with Crippen molar-refractivity contribution in [2.24, 2.45) is 0 Å². The Hall–Kier alpha value is -3.15. The number of carbonyl (C=O) groups is 3. The van der Waals surface area contributed by atoms with E-state index in [9.17, 15) is 14.4 Å². The van der Waals surface area contributed by atoms with Gasteiger partial charge in [-0.1, -0.05) is 18.2 Å². The monoisotopic (exact) mass is 281 g/mol. The Morgan fingerprint density at radius 2 is 1.57 bits per heavy atom. The summed E-state index contributed by atoms with van der Waals surface area (Å²) in [5.41, 5.74) is 1.56. The maximum atomic E-state index is 11.6. The minimum atomic E-state index is -0.802. The van der Waals surface area contributed by atoms with Gasteiger partial charge in [-0.15, -0.1) is 0 Å². The molecule has 1 fully saturated rings. The zero-order chi connectivity index (χ0) is 14.8. The van der Waals surface area contributed by atoms with Gasteiger partial charge in [0.05, 0.1) is 0 Å². The highest BCUT2D eigenvalue weighted by Crippen LogP contribution is 2.14. The minimum Gasteiger partial charge on any atom is -0.323 e. The predicted molar refractivity (Wildman–Crippen MR) is 75.4 cm³/mol. The molecule has 104 valence electrons. The fourth-order valence-electron chi connectivity index (χ4n) is 2.03. The van der Waals surface area contributed by atoms with Crippen LogP contribution in [0.2, 0.25) is 0 Å². The van der Waals surface area contributed by atoms with Crippen LogP contribution < -0.4 is 10.6 Å². The van der Waals surface area contributed by atoms with Crippen molar-refractivity contribution in [2.75, 3.05) is 0 Å². The van der Waals surface area contributed by atoms with E-state index in [0.717, 1.165) is 5.69 Å². The summed E-state index contributed by atoms with van der Waals surface area (Å²) in [5, 5.41) is 4.07. The summed E-state index contributed by atoms with van der Waals surface area (Å²) in [4.78, 5) is 34.2. The number of carbonyl (C=O) groups excluding carboxylic acids is 3. The average Bonchev–Trinajstić information content (AvgIpc) is 2.92. The summed E-state index contributed by atoms with van der Waals surface area (Å²) < 4.78 is 1.87. The lowest BCUT2D eigenvalue weighted by molar-refractivity contribution is -0.123. The molecular formula is C15H11N3O3. The number of nitrogens with zero attached hydrogens (tertiary/aromatic N) is 1. The van der Waals surface area contributed by atoms with Gasteiger partial charge in [-0.2, -0.15) is 0 Å². The summed E-state index contributed by atoms with van der Waals surface area (Å²) in [5.74, 6) is -1.40. The molecule has 0 unspecified atom stereocenters. The highest BCUT2D eigenvalue weighted by Gasteiger charge is 2.27. The summed E-state index contributed by atoms with van der Waals surface area (Å²) in [6, 6.07) is 10.6. The first-order valence-corrected chi connectivity index (χ1v) is 6.25. The highest BCUT2D eigenvalue weighted by molar-refractivity contribution is 6.31. The molecule has 1 saturated heterocycles. The van der Waals surface area contributed by atoms with Crippen molar-refractivity contribution < 1.29 is 14.4 Å². The third kappa shape index (κ3) is 2.59. The zero-order valence-corrected chi connectivity index (χ0v) is 10.9. The van der Waals surface area contributed by atoms with E-state index in [1.54, 1.807) is 12.3 Å². The average molecular weight is 281 g/mol. The van der Waals surface area contributed by atoms with Crippen LogP contribution in [0, 0.1) is 0 Å². The molecule has 0 aliphatic carbocycles. The van der Waals surface area contributed by atoms with Gasteiger partial charge < -0.3 is 4.57 Å². The number of amides is 4. The van der Waals surface area contributed by atoms with Crippen LogP contribution in [0.25, 0.3) is 11.8 Å². The van der Waals surface area contributed by atoms with Crippen molar-refractivity contribution in [1.82, 2.24) is 15.2 Å². The van der Waals surface area contributed by atoms with Crippen LogP contribution in [0.4, 0.5) is 4.79 Å². The van der Waals surface area contributed by atoms with Gasteiger partial charge in [-0.25, -0.2) is 4.79 Å². The predicted octanol–water partition coefficient (Wildman–Crippen LogP) is 1.23. The second-order valence-corrected chi connectivity index (χ2v) is 4.48. The summed E-state index contributed by atoms with van der Waals surface area (Å²) >= 11 is 0. The second-order valence-electron chi connectivity index (χ2n) is 4.48. The third-order valence-electron chi connectivity index (χ3n) is 3.02. The number of benzene rings is 1. The molecular weight excluding hydrogens is 270 g/mol. The first kappa shape index (κ1) is 12.9. The largest absolute Gasteiger partial charge is 0.328 e. The van der Waals surface area contributed by atoms with Gasteiger partial charge in [-0.3, -0.25) is 20.2 Å². The van der Waals surface area contributed by atoms with Crippen molar-refractivity contribution in [1.29, 1.82) is 0 Å². The molecule has 4 amide bonds. The molecule has 3 rings (SSSR count). The van der Waals surface area contributed by atoms with Gasteiger partial charge >= 0.3 is 6.03 Å². The molecule has 2 aromatic rings. The maximum absolute atomic E-state index is 11.6. The number of hydrogen-bond acceptors (Lipinski definition) is 3. The summed E-state index contributed by atoms with van der Waals surface area (Å²) in [7, 11) is 0. The van der Waals surface area contributed by atoms with E-state index in [4.69, 9.17) is 0 Å². The van der Waals surface area contributed by atoms with Crippen molar-refractivity contribution in [3.8, 4) is 5.69 Å². The molecule has 0 atom stereocenters. The number of para-hydroxylation sites is 1. The Labute approximate surface area is 120 Å². The molecule has 1 aliphatic heterocycles. The third-order valence-corrected chi connectivity index (χ3v) is 3.02. The fraction of sp³-hybridized carbons (Fsp3) is 0. The number of nitrogens with one attached hydrogen (secondary N) is 2. The second kappa shape index (κ2) is 5.09. The van der Waals surface area contributed by atoms with Gasteiger partial charge in [0.2, 0.25) is 0 Å². The molecule has 21 heavy (non-hydrogen) atoms. The summed E-state index contributed by atoms with van der Waals surface area (Å²) in [6.07, 6.45) is 5.06. The lowest BCUT2D eigenvalue weighted by atomic mass is 10.1. The van der Waals surface area contributed by atoms with Crippen LogP contribution in [0.15, 0.2) is 54.4 Å². The first-order valence-electron chi connectivity index (χ1n) is 6.25. The van der Waals surface area contributed by atoms with E-state index in [2.05, 4.69) is 0 Å². The van der Waals surface area contributed by atoms with E-state index in [-0.39, 0.29) is 5.57 Å². The quantitative estimate of drug-likeness (QED) is 0.641. The van der Waals surface area contributed by atoms with Crippen LogP contribution in [0.1, 0.15) is 5.56 Å². The molecule has 0 bridgehead atoms. The number of hydrogen-bond donors (Lipinski definition) is 2. The van der Waals surface area contributed by atoms with Crippen LogP contribution in [0.5, 0.6) is 0 Å². The van der Waals surface area contributed by atoms with E-state index in [0.29, 0.717) is 5.56 Å². The van der Waals surface area contributed by atoms with Gasteiger partial charge in [0.15, 0.2) is 0 Å².